The third kappa shape index (κ3) is 5.19. The van der Waals surface area contributed by atoms with E-state index in [9.17, 15) is 4.79 Å². The number of nitrogens with one attached hydrogen (secondary N) is 1. The van der Waals surface area contributed by atoms with Crippen molar-refractivity contribution in [3.8, 4) is 5.75 Å². The van der Waals surface area contributed by atoms with Gasteiger partial charge >= 0.3 is 0 Å². The maximum atomic E-state index is 12.6. The largest absolute Gasteiger partial charge is 0.491 e. The summed E-state index contributed by atoms with van der Waals surface area (Å²) in [6.07, 6.45) is 0.533. The Morgan fingerprint density at radius 3 is 2.61 bits per heavy atom. The van der Waals surface area contributed by atoms with E-state index in [1.807, 2.05) is 44.2 Å². The molecule has 0 aliphatic carbocycles. The number of rotatable bonds is 6. The summed E-state index contributed by atoms with van der Waals surface area (Å²) < 4.78 is 11.4. The van der Waals surface area contributed by atoms with Crippen molar-refractivity contribution >= 4 is 45.9 Å². The van der Waals surface area contributed by atoms with Gasteiger partial charge in [0.15, 0.2) is 11.5 Å². The van der Waals surface area contributed by atoms with Gasteiger partial charge in [0.25, 0.3) is 5.91 Å². The lowest BCUT2D eigenvalue weighted by atomic mass is 10.1. The summed E-state index contributed by atoms with van der Waals surface area (Å²) >= 11 is 12.2. The van der Waals surface area contributed by atoms with Crippen LogP contribution in [0.25, 0.3) is 11.1 Å². The molecule has 4 aromatic rings. The number of nitrogens with zero attached hydrogens (tertiary/aromatic N) is 1. The summed E-state index contributed by atoms with van der Waals surface area (Å²) in [6, 6.07) is 18.0. The van der Waals surface area contributed by atoms with Gasteiger partial charge in [-0.2, -0.15) is 0 Å². The second kappa shape index (κ2) is 9.00. The summed E-state index contributed by atoms with van der Waals surface area (Å²) in [5.74, 6) is 1.00. The van der Waals surface area contributed by atoms with Gasteiger partial charge in [-0.15, -0.1) is 0 Å². The van der Waals surface area contributed by atoms with Gasteiger partial charge < -0.3 is 14.5 Å². The van der Waals surface area contributed by atoms with E-state index in [1.54, 1.807) is 30.3 Å². The monoisotopic (exact) mass is 454 g/mol. The van der Waals surface area contributed by atoms with Gasteiger partial charge in [0.2, 0.25) is 0 Å². The Morgan fingerprint density at radius 2 is 1.87 bits per heavy atom. The second-order valence-electron chi connectivity index (χ2n) is 7.37. The molecule has 1 amide bonds. The van der Waals surface area contributed by atoms with Gasteiger partial charge in [-0.05, 0) is 61.9 Å². The Kier molecular flexibility index (Phi) is 6.16. The average molecular weight is 455 g/mol. The van der Waals surface area contributed by atoms with Crippen molar-refractivity contribution in [2.75, 3.05) is 5.32 Å². The Morgan fingerprint density at radius 1 is 1.10 bits per heavy atom. The lowest BCUT2D eigenvalue weighted by Gasteiger charge is -2.11. The van der Waals surface area contributed by atoms with Crippen LogP contribution in [0, 0.1) is 0 Å². The van der Waals surface area contributed by atoms with E-state index in [0.717, 1.165) is 5.56 Å². The molecule has 1 aromatic heterocycles. The van der Waals surface area contributed by atoms with Crippen LogP contribution < -0.4 is 10.1 Å². The van der Waals surface area contributed by atoms with Crippen molar-refractivity contribution < 1.29 is 13.9 Å². The number of halogens is 2. The van der Waals surface area contributed by atoms with E-state index in [1.165, 1.54) is 0 Å². The van der Waals surface area contributed by atoms with Crippen LogP contribution in [0.4, 0.5) is 5.69 Å². The van der Waals surface area contributed by atoms with E-state index in [0.29, 0.717) is 50.5 Å². The quantitative estimate of drug-likeness (QED) is 0.349. The molecule has 0 bridgehead atoms. The zero-order valence-corrected chi connectivity index (χ0v) is 18.5. The maximum Gasteiger partial charge on any atom is 0.255 e. The third-order valence-corrected chi connectivity index (χ3v) is 4.99. The van der Waals surface area contributed by atoms with Gasteiger partial charge in [-0.1, -0.05) is 41.4 Å². The first-order valence-corrected chi connectivity index (χ1v) is 10.5. The number of anilines is 1. The van der Waals surface area contributed by atoms with Crippen LogP contribution in [0.5, 0.6) is 5.75 Å². The Hall–Kier alpha value is -3.02. The summed E-state index contributed by atoms with van der Waals surface area (Å²) in [5, 5.41) is 3.84. The molecule has 1 heterocycles. The van der Waals surface area contributed by atoms with E-state index >= 15 is 0 Å². The summed E-state index contributed by atoms with van der Waals surface area (Å²) in [4.78, 5) is 17.0. The zero-order valence-electron chi connectivity index (χ0n) is 17.0. The molecule has 158 valence electrons. The van der Waals surface area contributed by atoms with Crippen molar-refractivity contribution in [2.24, 2.45) is 0 Å². The fraction of sp³-hybridized carbons (Fsp3) is 0.167. The van der Waals surface area contributed by atoms with Crippen molar-refractivity contribution in [3.05, 3.63) is 87.7 Å². The van der Waals surface area contributed by atoms with Crippen molar-refractivity contribution in [3.63, 3.8) is 0 Å². The minimum atomic E-state index is -0.201. The molecule has 0 saturated heterocycles. The van der Waals surface area contributed by atoms with Crippen LogP contribution in [0.2, 0.25) is 10.0 Å². The summed E-state index contributed by atoms with van der Waals surface area (Å²) in [7, 11) is 0. The zero-order chi connectivity index (χ0) is 22.0. The molecule has 5 nitrogen and oxygen atoms in total. The molecule has 1 N–H and O–H groups in total. The highest BCUT2D eigenvalue weighted by atomic mass is 35.5. The summed E-state index contributed by atoms with van der Waals surface area (Å²) in [5.41, 5.74) is 3.35. The molecule has 0 unspecified atom stereocenters. The molecule has 0 radical (unpaired) electrons. The Labute approximate surface area is 189 Å². The molecule has 0 aliphatic heterocycles. The van der Waals surface area contributed by atoms with E-state index in [4.69, 9.17) is 32.4 Å². The minimum Gasteiger partial charge on any atom is -0.491 e. The van der Waals surface area contributed by atoms with Crippen molar-refractivity contribution in [1.29, 1.82) is 0 Å². The lowest BCUT2D eigenvalue weighted by molar-refractivity contribution is 0.102. The number of amides is 1. The number of fused-ring (bicyclic) bond motifs is 1. The molecular formula is C24H20Cl2N2O3. The van der Waals surface area contributed by atoms with Crippen molar-refractivity contribution in [1.82, 2.24) is 4.98 Å². The smallest absolute Gasteiger partial charge is 0.255 e. The summed E-state index contributed by atoms with van der Waals surface area (Å²) in [6.45, 7) is 3.89. The first kappa shape index (κ1) is 21.2. The minimum absolute atomic E-state index is 0.0418. The third-order valence-electron chi connectivity index (χ3n) is 4.49. The number of benzene rings is 3. The lowest BCUT2D eigenvalue weighted by Crippen LogP contribution is -2.12. The Bertz CT molecular complexity index is 1230. The Balaban J connectivity index is 1.44. The van der Waals surface area contributed by atoms with Crippen LogP contribution in [-0.4, -0.2) is 17.0 Å². The van der Waals surface area contributed by atoms with Gasteiger partial charge in [-0.3, -0.25) is 4.79 Å². The number of carbonyl (C=O) groups excluding carboxylic acids is 1. The molecule has 0 aliphatic rings. The predicted octanol–water partition coefficient (Wildman–Crippen LogP) is 6.76. The highest BCUT2D eigenvalue weighted by molar-refractivity contribution is 6.37. The van der Waals surface area contributed by atoms with Crippen LogP contribution in [0.1, 0.15) is 35.7 Å². The highest BCUT2D eigenvalue weighted by Gasteiger charge is 2.12. The maximum absolute atomic E-state index is 12.6. The molecule has 0 fully saturated rings. The van der Waals surface area contributed by atoms with Crippen LogP contribution in [-0.2, 0) is 6.42 Å². The standard InChI is InChI=1S/C24H20Cl2N2O3/c1-14(2)30-19-5-3-4-16(11-19)24(29)27-18-8-6-15(7-9-18)10-22-28-21-13-17(25)12-20(26)23(21)31-22/h3-9,11-14H,10H2,1-2H3,(H,27,29). The number of ether oxygens (including phenoxy) is 1. The van der Waals surface area contributed by atoms with Gasteiger partial charge in [0.05, 0.1) is 11.1 Å². The van der Waals surface area contributed by atoms with Crippen molar-refractivity contribution in [2.45, 2.75) is 26.4 Å². The van der Waals surface area contributed by atoms with E-state index < -0.39 is 0 Å². The number of hydrogen-bond acceptors (Lipinski definition) is 4. The average Bonchev–Trinajstić information content (AvgIpc) is 3.12. The second-order valence-corrected chi connectivity index (χ2v) is 8.21. The fourth-order valence-corrected chi connectivity index (χ4v) is 3.67. The SMILES string of the molecule is CC(C)Oc1cccc(C(=O)Nc2ccc(Cc3nc4cc(Cl)cc(Cl)c4o3)cc2)c1. The highest BCUT2D eigenvalue weighted by Crippen LogP contribution is 2.29. The first-order chi connectivity index (χ1) is 14.9. The molecule has 3 aromatic carbocycles. The van der Waals surface area contributed by atoms with E-state index in [-0.39, 0.29) is 12.0 Å². The molecule has 0 saturated carbocycles. The molecular weight excluding hydrogens is 435 g/mol. The molecule has 0 spiro atoms. The number of oxazole rings is 1. The molecule has 31 heavy (non-hydrogen) atoms. The van der Waals surface area contributed by atoms with Gasteiger partial charge in [-0.25, -0.2) is 4.98 Å². The molecule has 4 rings (SSSR count). The van der Waals surface area contributed by atoms with Crippen LogP contribution in [0.15, 0.2) is 65.1 Å². The van der Waals surface area contributed by atoms with Crippen LogP contribution in [0.3, 0.4) is 0 Å². The molecule has 7 heteroatoms. The predicted molar refractivity (Wildman–Crippen MR) is 123 cm³/mol. The number of carbonyl (C=O) groups is 1. The topological polar surface area (TPSA) is 64.4 Å². The number of hydrogen-bond donors (Lipinski definition) is 1. The van der Waals surface area contributed by atoms with Gasteiger partial charge in [0.1, 0.15) is 11.3 Å². The first-order valence-electron chi connectivity index (χ1n) is 9.79. The molecule has 0 atom stereocenters. The normalized spacial score (nSPS) is 11.1. The van der Waals surface area contributed by atoms with E-state index in [2.05, 4.69) is 10.3 Å². The number of aromatic nitrogens is 1. The van der Waals surface area contributed by atoms with Gasteiger partial charge in [0, 0.05) is 22.7 Å². The van der Waals surface area contributed by atoms with Crippen LogP contribution >= 0.6 is 23.2 Å². The fourth-order valence-electron chi connectivity index (χ4n) is 3.15.